The van der Waals surface area contributed by atoms with Crippen LogP contribution in [0.4, 0.5) is 0 Å². The molecule has 0 spiro atoms. The van der Waals surface area contributed by atoms with E-state index in [2.05, 4.69) is 272 Å². The molecule has 0 rings (SSSR count). The van der Waals surface area contributed by atoms with E-state index in [1.807, 2.05) is 18.0 Å². The van der Waals surface area contributed by atoms with Crippen LogP contribution < -0.4 is 5.32 Å². The number of ether oxygens (including phenoxy) is 1. The monoisotopic (exact) mass is 871 g/mol. The van der Waals surface area contributed by atoms with E-state index in [-0.39, 0.29) is 27.5 Å². The van der Waals surface area contributed by atoms with Gasteiger partial charge >= 0.3 is 0 Å². The molecule has 0 unspecified atom stereocenters. The van der Waals surface area contributed by atoms with E-state index in [4.69, 9.17) is 4.74 Å². The maximum Gasteiger partial charge on any atom is 0.0598 e. The van der Waals surface area contributed by atoms with Crippen LogP contribution in [0.15, 0.2) is 17.1 Å². The van der Waals surface area contributed by atoms with E-state index in [0.29, 0.717) is 37.2 Å². The number of hydrogen-bond acceptors (Lipinski definition) is 4. The van der Waals surface area contributed by atoms with Crippen LogP contribution in [0, 0.1) is 43.3 Å². The summed E-state index contributed by atoms with van der Waals surface area (Å²) in [6, 6.07) is 0. The van der Waals surface area contributed by atoms with Crippen LogP contribution in [0.3, 0.4) is 0 Å². The number of nitrogens with zero attached hydrogens (tertiary/aromatic N) is 1. The number of nitrogens with one attached hydrogen (secondary N) is 1. The number of rotatable bonds is 4. The molecule has 0 amide bonds. The molecule has 0 aromatic rings. The van der Waals surface area contributed by atoms with Crippen LogP contribution in [0.2, 0.25) is 0 Å². The average Bonchev–Trinajstić information content (AvgIpc) is 2.89. The molecule has 368 valence electrons. The van der Waals surface area contributed by atoms with E-state index in [1.54, 1.807) is 0 Å². The molecule has 0 aromatic heterocycles. The van der Waals surface area contributed by atoms with Gasteiger partial charge in [-0.25, -0.2) is 0 Å². The zero-order valence-corrected chi connectivity index (χ0v) is 49.8. The summed E-state index contributed by atoms with van der Waals surface area (Å²) in [5.74, 6) is 1.25. The summed E-state index contributed by atoms with van der Waals surface area (Å²) in [4.78, 5) is 4.40. The highest BCUT2D eigenvalue weighted by molar-refractivity contribution is 8.00. The van der Waals surface area contributed by atoms with Gasteiger partial charge in [0.05, 0.1) is 17.7 Å². The fraction of sp³-hybridized carbons (Fsp3) is 0.946. The molecule has 0 radical (unpaired) electrons. The fourth-order valence-corrected chi connectivity index (χ4v) is 3.90. The highest BCUT2D eigenvalue weighted by Gasteiger charge is 2.19. The summed E-state index contributed by atoms with van der Waals surface area (Å²) in [5.41, 5.74) is 3.38. The minimum absolute atomic E-state index is 0.00722. The molecule has 0 fully saturated rings. The van der Waals surface area contributed by atoms with E-state index in [1.165, 1.54) is 18.6 Å². The van der Waals surface area contributed by atoms with Crippen molar-refractivity contribution >= 4 is 18.0 Å². The van der Waals surface area contributed by atoms with Crippen molar-refractivity contribution in [1.29, 1.82) is 0 Å². The molecule has 1 N–H and O–H groups in total. The van der Waals surface area contributed by atoms with Gasteiger partial charge in [-0.15, -0.1) is 0 Å². The smallest absolute Gasteiger partial charge is 0.0598 e. The van der Waals surface area contributed by atoms with Crippen LogP contribution in [-0.2, 0) is 4.74 Å². The largest absolute Gasteiger partial charge is 0.375 e. The average molecular weight is 872 g/mol. The fourth-order valence-electron chi connectivity index (χ4n) is 3.03. The van der Waals surface area contributed by atoms with Gasteiger partial charge in [-0.1, -0.05) is 199 Å². The summed E-state index contributed by atoms with van der Waals surface area (Å²) in [6.45, 7) is 81.6. The lowest BCUT2D eigenvalue weighted by Crippen LogP contribution is -2.40. The van der Waals surface area contributed by atoms with Gasteiger partial charge in [-0.2, -0.15) is 11.8 Å². The SMILES string of the molecule is CC(C)(C)C=CC(C)(C)C.CC(C)(C)C=NC(C)(C)C.CC(C)(C)CCC(C)(C)C.CC(C)(C)CNC(C)(C)C.CC(C)(C)COC(C)(C)C.CC(C)(C)CSC(C)(C)C. The van der Waals surface area contributed by atoms with Crippen LogP contribution in [0.5, 0.6) is 0 Å². The lowest BCUT2D eigenvalue weighted by atomic mass is 9.81. The molecule has 0 atom stereocenters. The quantitative estimate of drug-likeness (QED) is 0.226. The van der Waals surface area contributed by atoms with Gasteiger partial charge in [0.25, 0.3) is 0 Å². The van der Waals surface area contributed by atoms with E-state index >= 15 is 0 Å². The zero-order chi connectivity index (χ0) is 50.5. The van der Waals surface area contributed by atoms with Crippen LogP contribution in [-0.4, -0.2) is 46.5 Å². The Morgan fingerprint density at radius 2 is 0.750 bits per heavy atom. The van der Waals surface area contributed by atoms with E-state index in [0.717, 1.165) is 13.2 Å². The lowest BCUT2D eigenvalue weighted by molar-refractivity contribution is -0.0382. The minimum Gasteiger partial charge on any atom is -0.375 e. The van der Waals surface area contributed by atoms with Gasteiger partial charge in [-0.3, -0.25) is 4.99 Å². The number of aliphatic imine (C=N–C) groups is 1. The molecular formula is C56H122N2OS. The Morgan fingerprint density at radius 1 is 0.417 bits per heavy atom. The Balaban J connectivity index is -0.000000146. The third-order valence-electron chi connectivity index (χ3n) is 6.57. The van der Waals surface area contributed by atoms with E-state index in [9.17, 15) is 0 Å². The molecule has 0 aliphatic heterocycles. The Labute approximate surface area is 389 Å². The lowest BCUT2D eigenvalue weighted by Gasteiger charge is -2.27. The van der Waals surface area contributed by atoms with Crippen molar-refractivity contribution in [3.63, 3.8) is 0 Å². The molecule has 0 aromatic carbocycles. The molecule has 0 bridgehead atoms. The summed E-state index contributed by atoms with van der Waals surface area (Å²) in [7, 11) is 0. The molecule has 0 aliphatic rings. The Bertz CT molecular complexity index is 840. The summed E-state index contributed by atoms with van der Waals surface area (Å²) < 4.78 is 6.02. The molecular weight excluding hydrogens is 749 g/mol. The van der Waals surface area contributed by atoms with Crippen molar-refractivity contribution in [2.24, 2.45) is 48.3 Å². The summed E-state index contributed by atoms with van der Waals surface area (Å²) >= 11 is 2.04. The topological polar surface area (TPSA) is 33.6 Å². The van der Waals surface area contributed by atoms with Crippen molar-refractivity contribution in [1.82, 2.24) is 5.32 Å². The molecule has 3 nitrogen and oxygen atoms in total. The first kappa shape index (κ1) is 71.3. The number of allylic oxidation sites excluding steroid dienone is 2. The van der Waals surface area contributed by atoms with Crippen molar-refractivity contribution in [3.8, 4) is 0 Å². The summed E-state index contributed by atoms with van der Waals surface area (Å²) in [5, 5.41) is 3.46. The van der Waals surface area contributed by atoms with Crippen LogP contribution in [0.1, 0.15) is 262 Å². The van der Waals surface area contributed by atoms with Gasteiger partial charge in [0.15, 0.2) is 0 Å². The standard InChI is InChI=1S/C10H22.C10H20.C9H21N.C9H19N.C9H20O.C9H20S/c2*1-9(2,3)7-8-10(4,5)6;4*1-8(2,3)7-10-9(4,5)6/h7-8H2,1-6H3;7-8H,1-6H3;10H,7H2,1-6H3;7H,1-6H3;2*7H2,1-6H3. The minimum atomic E-state index is 0.00722. The zero-order valence-electron chi connectivity index (χ0n) is 49.0. The third-order valence-corrected chi connectivity index (χ3v) is 8.45. The predicted octanol–water partition coefficient (Wildman–Crippen LogP) is 19.2. The Kier molecular flexibility index (Phi) is 33.1. The third kappa shape index (κ3) is 107. The highest BCUT2D eigenvalue weighted by atomic mass is 32.2. The second-order valence-electron chi connectivity index (χ2n) is 30.6. The normalized spacial score (nSPS) is 14.1. The molecule has 0 aliphatic carbocycles. The Hall–Kier alpha value is -0.320. The number of thioether (sulfide) groups is 1. The van der Waals surface area contributed by atoms with Crippen molar-refractivity contribution in [3.05, 3.63) is 12.2 Å². The first-order chi connectivity index (χ1) is 25.2. The van der Waals surface area contributed by atoms with Crippen molar-refractivity contribution in [2.75, 3.05) is 18.9 Å². The maximum absolute atomic E-state index is 5.59. The molecule has 0 saturated carbocycles. The maximum atomic E-state index is 5.59. The number of hydrogen-bond donors (Lipinski definition) is 1. The summed E-state index contributed by atoms with van der Waals surface area (Å²) in [6.07, 6.45) is 9.22. The molecule has 0 heterocycles. The van der Waals surface area contributed by atoms with Crippen LogP contribution in [0.25, 0.3) is 0 Å². The van der Waals surface area contributed by atoms with Gasteiger partial charge in [-0.05, 0) is 124 Å². The van der Waals surface area contributed by atoms with Gasteiger partial charge < -0.3 is 10.1 Å². The second-order valence-corrected chi connectivity index (χ2v) is 32.4. The Morgan fingerprint density at radius 3 is 0.850 bits per heavy atom. The predicted molar refractivity (Wildman–Crippen MR) is 288 cm³/mol. The van der Waals surface area contributed by atoms with Crippen molar-refractivity contribution in [2.45, 2.75) is 284 Å². The molecule has 4 heteroatoms. The first-order valence-corrected chi connectivity index (χ1v) is 24.5. The van der Waals surface area contributed by atoms with E-state index < -0.39 is 0 Å². The van der Waals surface area contributed by atoms with Gasteiger partial charge in [0, 0.05) is 23.0 Å². The molecule has 0 saturated heterocycles. The molecule has 60 heavy (non-hydrogen) atoms. The van der Waals surface area contributed by atoms with Crippen LogP contribution >= 0.6 is 11.8 Å². The highest BCUT2D eigenvalue weighted by Crippen LogP contribution is 2.31. The van der Waals surface area contributed by atoms with Gasteiger partial charge in [0.2, 0.25) is 0 Å². The van der Waals surface area contributed by atoms with Crippen molar-refractivity contribution < 1.29 is 4.74 Å². The first-order valence-electron chi connectivity index (χ1n) is 23.5. The van der Waals surface area contributed by atoms with Gasteiger partial charge in [0.1, 0.15) is 0 Å². The second kappa shape index (κ2) is 27.9.